The number of nitrogens with zero attached hydrogens (tertiary/aromatic N) is 5. The van der Waals surface area contributed by atoms with Crippen LogP contribution in [0.5, 0.6) is 0 Å². The minimum Gasteiger partial charge on any atom is -0.349 e. The standard InChI is InChI=1S/C30H38N6O2/c1-29(2,3)19-35-24-13-12-22(32-26(24)34(6)28(35)38)20-14-15-30(4,5)25(18-20)33-27(37)21-10-7-8-11-23(21)36-17-9-16-31-36/h7-13,16-17,20,25H,14-15,18-19H2,1-6H3,(H,33,37). The molecule has 1 saturated carbocycles. The molecule has 1 N–H and O–H groups in total. The van der Waals surface area contributed by atoms with E-state index in [0.29, 0.717) is 12.1 Å². The molecule has 0 spiro atoms. The van der Waals surface area contributed by atoms with Crippen molar-refractivity contribution < 1.29 is 4.79 Å². The number of aryl methyl sites for hydroxylation is 1. The van der Waals surface area contributed by atoms with Gasteiger partial charge in [0.2, 0.25) is 0 Å². The lowest BCUT2D eigenvalue weighted by Crippen LogP contribution is -2.48. The van der Waals surface area contributed by atoms with Gasteiger partial charge in [0.05, 0.1) is 16.8 Å². The number of benzene rings is 1. The molecule has 0 saturated heterocycles. The summed E-state index contributed by atoms with van der Waals surface area (Å²) in [5, 5.41) is 7.67. The van der Waals surface area contributed by atoms with Crippen LogP contribution in [0.1, 0.15) is 75.9 Å². The fourth-order valence-electron chi connectivity index (χ4n) is 5.62. The number of carbonyl (C=O) groups is 1. The highest BCUT2D eigenvalue weighted by Gasteiger charge is 2.39. The first-order chi connectivity index (χ1) is 17.9. The summed E-state index contributed by atoms with van der Waals surface area (Å²) in [7, 11) is 1.80. The Labute approximate surface area is 223 Å². The Morgan fingerprint density at radius 2 is 1.89 bits per heavy atom. The molecule has 2 unspecified atom stereocenters. The zero-order chi connectivity index (χ0) is 27.2. The van der Waals surface area contributed by atoms with Crippen molar-refractivity contribution in [2.45, 2.75) is 72.4 Å². The van der Waals surface area contributed by atoms with Gasteiger partial charge in [0.1, 0.15) is 0 Å². The molecule has 0 bridgehead atoms. The Hall–Kier alpha value is -3.68. The summed E-state index contributed by atoms with van der Waals surface area (Å²) >= 11 is 0. The van der Waals surface area contributed by atoms with Gasteiger partial charge in [-0.05, 0) is 60.4 Å². The molecule has 1 aromatic carbocycles. The fourth-order valence-corrected chi connectivity index (χ4v) is 5.62. The first kappa shape index (κ1) is 25.9. The fraction of sp³-hybridized carbons (Fsp3) is 0.467. The second-order valence-corrected chi connectivity index (χ2v) is 12.5. The van der Waals surface area contributed by atoms with E-state index in [-0.39, 0.29) is 34.4 Å². The normalized spacial score (nSPS) is 19.5. The number of hydrogen-bond donors (Lipinski definition) is 1. The average Bonchev–Trinajstić information content (AvgIpc) is 3.48. The number of carbonyl (C=O) groups excluding carboxylic acids is 1. The van der Waals surface area contributed by atoms with Gasteiger partial charge < -0.3 is 5.32 Å². The van der Waals surface area contributed by atoms with Gasteiger partial charge in [-0.2, -0.15) is 5.10 Å². The van der Waals surface area contributed by atoms with Crippen LogP contribution >= 0.6 is 0 Å². The number of fused-ring (bicyclic) bond motifs is 1. The summed E-state index contributed by atoms with van der Waals surface area (Å²) < 4.78 is 5.21. The molecule has 4 aromatic rings. The third-order valence-corrected chi connectivity index (χ3v) is 7.86. The van der Waals surface area contributed by atoms with E-state index in [0.717, 1.165) is 41.8 Å². The van der Waals surface area contributed by atoms with E-state index in [1.54, 1.807) is 22.5 Å². The number of imidazole rings is 1. The van der Waals surface area contributed by atoms with Crippen LogP contribution in [-0.2, 0) is 13.6 Å². The molecule has 38 heavy (non-hydrogen) atoms. The van der Waals surface area contributed by atoms with Gasteiger partial charge in [0.25, 0.3) is 5.91 Å². The Morgan fingerprint density at radius 3 is 2.61 bits per heavy atom. The van der Waals surface area contributed by atoms with Gasteiger partial charge in [-0.25, -0.2) is 14.5 Å². The largest absolute Gasteiger partial charge is 0.349 e. The van der Waals surface area contributed by atoms with E-state index < -0.39 is 0 Å². The minimum atomic E-state index is -0.0973. The lowest BCUT2D eigenvalue weighted by atomic mass is 9.68. The van der Waals surface area contributed by atoms with Gasteiger partial charge in [-0.1, -0.05) is 46.8 Å². The zero-order valence-electron chi connectivity index (χ0n) is 23.2. The number of aromatic nitrogens is 5. The quantitative estimate of drug-likeness (QED) is 0.403. The summed E-state index contributed by atoms with van der Waals surface area (Å²) in [6.07, 6.45) is 6.29. The Balaban J connectivity index is 1.41. The molecule has 1 aliphatic carbocycles. The lowest BCUT2D eigenvalue weighted by Gasteiger charge is -2.42. The van der Waals surface area contributed by atoms with Crippen LogP contribution in [0.4, 0.5) is 0 Å². The number of nitrogens with one attached hydrogen (secondary N) is 1. The van der Waals surface area contributed by atoms with Crippen molar-refractivity contribution >= 4 is 17.1 Å². The second kappa shape index (κ2) is 9.57. The van der Waals surface area contributed by atoms with Crippen molar-refractivity contribution in [1.82, 2.24) is 29.2 Å². The van der Waals surface area contributed by atoms with Crippen molar-refractivity contribution in [3.05, 3.63) is 76.6 Å². The van der Waals surface area contributed by atoms with E-state index >= 15 is 0 Å². The van der Waals surface area contributed by atoms with Crippen LogP contribution in [0.15, 0.2) is 59.7 Å². The third-order valence-electron chi connectivity index (χ3n) is 7.86. The van der Waals surface area contributed by atoms with Crippen molar-refractivity contribution in [3.8, 4) is 5.69 Å². The van der Waals surface area contributed by atoms with Gasteiger partial charge in [-0.3, -0.25) is 13.9 Å². The maximum Gasteiger partial charge on any atom is 0.330 e. The van der Waals surface area contributed by atoms with Crippen LogP contribution < -0.4 is 11.0 Å². The predicted octanol–water partition coefficient (Wildman–Crippen LogP) is 5.06. The molecule has 1 aliphatic rings. The first-order valence-electron chi connectivity index (χ1n) is 13.4. The van der Waals surface area contributed by atoms with Gasteiger partial charge in [0.15, 0.2) is 5.65 Å². The molecule has 200 valence electrons. The highest BCUT2D eigenvalue weighted by molar-refractivity contribution is 5.98. The topological polar surface area (TPSA) is 86.7 Å². The van der Waals surface area contributed by atoms with Crippen LogP contribution in [0.2, 0.25) is 0 Å². The van der Waals surface area contributed by atoms with Crippen molar-refractivity contribution in [2.75, 3.05) is 0 Å². The van der Waals surface area contributed by atoms with Gasteiger partial charge in [-0.15, -0.1) is 0 Å². The molecule has 2 atom stereocenters. The molecule has 5 rings (SSSR count). The Morgan fingerprint density at radius 1 is 1.13 bits per heavy atom. The minimum absolute atomic E-state index is 0.0206. The molecule has 8 nitrogen and oxygen atoms in total. The number of rotatable bonds is 5. The van der Waals surface area contributed by atoms with Gasteiger partial charge in [0, 0.05) is 43.6 Å². The maximum absolute atomic E-state index is 13.5. The Kier molecular flexibility index (Phi) is 6.53. The summed E-state index contributed by atoms with van der Waals surface area (Å²) in [6.45, 7) is 11.5. The first-order valence-corrected chi connectivity index (χ1v) is 13.4. The Bertz CT molecular complexity index is 1520. The van der Waals surface area contributed by atoms with Crippen LogP contribution in [0.25, 0.3) is 16.9 Å². The second-order valence-electron chi connectivity index (χ2n) is 12.5. The molecule has 3 heterocycles. The molecule has 1 amide bonds. The SMILES string of the molecule is Cn1c(=O)n(CC(C)(C)C)c2ccc(C3CCC(C)(C)C(NC(=O)c4ccccc4-n4cccn4)C3)nc21. The monoisotopic (exact) mass is 514 g/mol. The smallest absolute Gasteiger partial charge is 0.330 e. The van der Waals surface area contributed by atoms with E-state index in [2.05, 4.69) is 51.1 Å². The molecule has 0 radical (unpaired) electrons. The van der Waals surface area contributed by atoms with E-state index in [4.69, 9.17) is 4.98 Å². The summed E-state index contributed by atoms with van der Waals surface area (Å²) in [6, 6.07) is 13.5. The summed E-state index contributed by atoms with van der Waals surface area (Å²) in [5.41, 5.74) is 3.81. The van der Waals surface area contributed by atoms with Crippen molar-refractivity contribution in [2.24, 2.45) is 17.9 Å². The molecule has 0 aliphatic heterocycles. The number of para-hydroxylation sites is 1. The molecule has 3 aromatic heterocycles. The maximum atomic E-state index is 13.5. The molecular weight excluding hydrogens is 476 g/mol. The van der Waals surface area contributed by atoms with Crippen LogP contribution in [-0.4, -0.2) is 35.8 Å². The van der Waals surface area contributed by atoms with Crippen molar-refractivity contribution in [3.63, 3.8) is 0 Å². The highest BCUT2D eigenvalue weighted by Crippen LogP contribution is 2.42. The number of hydrogen-bond acceptors (Lipinski definition) is 4. The molecule has 8 heteroatoms. The van der Waals surface area contributed by atoms with E-state index in [9.17, 15) is 9.59 Å². The highest BCUT2D eigenvalue weighted by atomic mass is 16.2. The van der Waals surface area contributed by atoms with Gasteiger partial charge >= 0.3 is 5.69 Å². The molecule has 1 fully saturated rings. The molecular formula is C30H38N6O2. The summed E-state index contributed by atoms with van der Waals surface area (Å²) in [5.74, 6) is 0.0973. The third kappa shape index (κ3) is 4.91. The average molecular weight is 515 g/mol. The van der Waals surface area contributed by atoms with E-state index in [1.165, 1.54) is 0 Å². The zero-order valence-corrected chi connectivity index (χ0v) is 23.2. The predicted molar refractivity (Wildman–Crippen MR) is 150 cm³/mol. The summed E-state index contributed by atoms with van der Waals surface area (Å²) in [4.78, 5) is 31.5. The van der Waals surface area contributed by atoms with E-state index in [1.807, 2.05) is 47.2 Å². The number of pyridine rings is 1. The van der Waals surface area contributed by atoms with Crippen LogP contribution in [0.3, 0.4) is 0 Å². The number of amides is 1. The van der Waals surface area contributed by atoms with Crippen molar-refractivity contribution in [1.29, 1.82) is 0 Å². The van der Waals surface area contributed by atoms with Crippen LogP contribution in [0, 0.1) is 10.8 Å². The lowest BCUT2D eigenvalue weighted by molar-refractivity contribution is 0.0836.